The van der Waals surface area contributed by atoms with Crippen molar-refractivity contribution < 1.29 is 0 Å². The van der Waals surface area contributed by atoms with E-state index in [0.717, 1.165) is 0 Å². The summed E-state index contributed by atoms with van der Waals surface area (Å²) >= 11 is 0. The highest BCUT2D eigenvalue weighted by atomic mass is 14.1. The summed E-state index contributed by atoms with van der Waals surface area (Å²) in [6.07, 6.45) is 12.6. The van der Waals surface area contributed by atoms with Gasteiger partial charge in [0.25, 0.3) is 0 Å². The Morgan fingerprint density at radius 2 is 1.29 bits per heavy atom. The highest BCUT2D eigenvalue weighted by Gasteiger charge is 2.04. The van der Waals surface area contributed by atoms with Gasteiger partial charge in [0.05, 0.1) is 0 Å². The van der Waals surface area contributed by atoms with Crippen LogP contribution >= 0.6 is 0 Å². The summed E-state index contributed by atoms with van der Waals surface area (Å²) in [6, 6.07) is 10.5. The molecular formula is C17H18. The van der Waals surface area contributed by atoms with Crippen LogP contribution in [0.15, 0.2) is 77.9 Å². The molecule has 0 bridgehead atoms. The minimum atomic E-state index is 0.659. The first-order valence-corrected chi connectivity index (χ1v) is 6.09. The normalized spacial score (nSPS) is 15.2. The van der Waals surface area contributed by atoms with E-state index >= 15 is 0 Å². The number of hydrogen-bond donors (Lipinski definition) is 0. The second kappa shape index (κ2) is 5.49. The van der Waals surface area contributed by atoms with Crippen LogP contribution in [0.2, 0.25) is 0 Å². The smallest absolute Gasteiger partial charge is 0.0184 e. The zero-order valence-corrected chi connectivity index (χ0v) is 10.4. The zero-order valence-electron chi connectivity index (χ0n) is 10.4. The van der Waals surface area contributed by atoms with E-state index in [-0.39, 0.29) is 0 Å². The average Bonchev–Trinajstić information content (AvgIpc) is 2.93. The molecule has 0 saturated carbocycles. The van der Waals surface area contributed by atoms with Crippen LogP contribution in [0.5, 0.6) is 0 Å². The molecule has 0 heterocycles. The van der Waals surface area contributed by atoms with Crippen molar-refractivity contribution in [2.24, 2.45) is 0 Å². The van der Waals surface area contributed by atoms with Crippen LogP contribution in [0, 0.1) is 0 Å². The Balaban J connectivity index is 0.000000127. The van der Waals surface area contributed by atoms with E-state index in [0.29, 0.717) is 5.92 Å². The molecule has 2 aliphatic rings. The Morgan fingerprint density at radius 3 is 1.71 bits per heavy atom. The fourth-order valence-corrected chi connectivity index (χ4v) is 1.84. The predicted molar refractivity (Wildman–Crippen MR) is 75.0 cm³/mol. The summed E-state index contributed by atoms with van der Waals surface area (Å²) in [5.74, 6) is 0.659. The molecule has 86 valence electrons. The Morgan fingerprint density at radius 1 is 0.765 bits per heavy atom. The zero-order chi connectivity index (χ0) is 12.1. The molecule has 0 radical (unpaired) electrons. The minimum absolute atomic E-state index is 0.659. The maximum atomic E-state index is 2.20. The van der Waals surface area contributed by atoms with Crippen molar-refractivity contribution in [2.45, 2.75) is 19.8 Å². The molecule has 17 heavy (non-hydrogen) atoms. The van der Waals surface area contributed by atoms with Gasteiger partial charge in [-0.15, -0.1) is 0 Å². The number of benzene rings is 1. The van der Waals surface area contributed by atoms with Gasteiger partial charge in [-0.25, -0.2) is 0 Å². The standard InChI is InChI=1S/C9H12.C8H6/c1-8(2)9-6-4-3-5-7-9;1-3-7-5-2-6-8(7)4-1/h3-8H,1-2H3;1-6H. The molecule has 1 aromatic rings. The van der Waals surface area contributed by atoms with E-state index < -0.39 is 0 Å². The first kappa shape index (κ1) is 11.7. The van der Waals surface area contributed by atoms with Gasteiger partial charge in [-0.1, -0.05) is 80.6 Å². The van der Waals surface area contributed by atoms with E-state index in [9.17, 15) is 0 Å². The van der Waals surface area contributed by atoms with Crippen molar-refractivity contribution in [2.75, 3.05) is 0 Å². The van der Waals surface area contributed by atoms with Crippen molar-refractivity contribution in [1.82, 2.24) is 0 Å². The van der Waals surface area contributed by atoms with Crippen LogP contribution in [0.25, 0.3) is 0 Å². The van der Waals surface area contributed by atoms with Gasteiger partial charge in [-0.2, -0.15) is 0 Å². The van der Waals surface area contributed by atoms with Crippen LogP contribution in [-0.4, -0.2) is 0 Å². The molecule has 0 spiro atoms. The van der Waals surface area contributed by atoms with Crippen LogP contribution in [0.3, 0.4) is 0 Å². The average molecular weight is 222 g/mol. The number of hydrogen-bond acceptors (Lipinski definition) is 0. The van der Waals surface area contributed by atoms with Crippen molar-refractivity contribution in [1.29, 1.82) is 0 Å². The second-order valence-corrected chi connectivity index (χ2v) is 4.53. The highest BCUT2D eigenvalue weighted by Crippen LogP contribution is 2.23. The van der Waals surface area contributed by atoms with E-state index in [2.05, 4.69) is 74.6 Å². The summed E-state index contributed by atoms with van der Waals surface area (Å²) in [7, 11) is 0. The van der Waals surface area contributed by atoms with Gasteiger partial charge in [0.1, 0.15) is 0 Å². The number of fused-ring (bicyclic) bond motifs is 1. The van der Waals surface area contributed by atoms with Crippen molar-refractivity contribution in [3.8, 4) is 0 Å². The minimum Gasteiger partial charge on any atom is -0.0622 e. The highest BCUT2D eigenvalue weighted by molar-refractivity contribution is 5.59. The SMILES string of the molecule is C1=CC2=CC=CC2=C1.CC(C)c1ccccc1. The molecule has 0 heteroatoms. The maximum absolute atomic E-state index is 2.20. The second-order valence-electron chi connectivity index (χ2n) is 4.53. The summed E-state index contributed by atoms with van der Waals surface area (Å²) in [5, 5.41) is 0. The molecule has 0 fully saturated rings. The molecule has 0 unspecified atom stereocenters. The van der Waals surface area contributed by atoms with Crippen LogP contribution in [-0.2, 0) is 0 Å². The fraction of sp³-hybridized carbons (Fsp3) is 0.176. The molecule has 0 atom stereocenters. The van der Waals surface area contributed by atoms with E-state index in [1.54, 1.807) is 0 Å². The molecule has 0 aromatic heterocycles. The van der Waals surface area contributed by atoms with Crippen LogP contribution in [0.1, 0.15) is 25.3 Å². The quantitative estimate of drug-likeness (QED) is 0.641. The van der Waals surface area contributed by atoms with Crippen molar-refractivity contribution in [3.05, 3.63) is 83.5 Å². The van der Waals surface area contributed by atoms with Crippen molar-refractivity contribution >= 4 is 0 Å². The summed E-state index contributed by atoms with van der Waals surface area (Å²) in [5.41, 5.74) is 4.12. The number of allylic oxidation sites excluding steroid dienone is 8. The summed E-state index contributed by atoms with van der Waals surface area (Å²) in [6.45, 7) is 4.41. The van der Waals surface area contributed by atoms with Crippen LogP contribution < -0.4 is 0 Å². The van der Waals surface area contributed by atoms with E-state index in [1.807, 2.05) is 6.07 Å². The lowest BCUT2D eigenvalue weighted by molar-refractivity contribution is 0.867. The molecule has 0 nitrogen and oxygen atoms in total. The third-order valence-electron chi connectivity index (χ3n) is 2.90. The molecule has 0 saturated heterocycles. The Kier molecular flexibility index (Phi) is 3.77. The molecule has 3 rings (SSSR count). The van der Waals surface area contributed by atoms with Crippen LogP contribution in [0.4, 0.5) is 0 Å². The predicted octanol–water partition coefficient (Wildman–Crippen LogP) is 4.79. The lowest BCUT2D eigenvalue weighted by Gasteiger charge is -2.01. The topological polar surface area (TPSA) is 0 Å². The Hall–Kier alpha value is -1.82. The van der Waals surface area contributed by atoms with Gasteiger partial charge in [0.2, 0.25) is 0 Å². The summed E-state index contributed by atoms with van der Waals surface area (Å²) < 4.78 is 0. The van der Waals surface area contributed by atoms with Gasteiger partial charge in [0.15, 0.2) is 0 Å². The fourth-order valence-electron chi connectivity index (χ4n) is 1.84. The summed E-state index contributed by atoms with van der Waals surface area (Å²) in [4.78, 5) is 0. The van der Waals surface area contributed by atoms with Crippen molar-refractivity contribution in [3.63, 3.8) is 0 Å². The van der Waals surface area contributed by atoms with E-state index in [1.165, 1.54) is 16.7 Å². The van der Waals surface area contributed by atoms with Gasteiger partial charge in [-0.05, 0) is 22.6 Å². The van der Waals surface area contributed by atoms with Gasteiger partial charge < -0.3 is 0 Å². The Bertz CT molecular complexity index is 456. The first-order chi connectivity index (χ1) is 8.27. The lowest BCUT2D eigenvalue weighted by atomic mass is 10.0. The molecule has 2 aliphatic carbocycles. The number of rotatable bonds is 1. The largest absolute Gasteiger partial charge is 0.0622 e. The third-order valence-corrected chi connectivity index (χ3v) is 2.90. The van der Waals surface area contributed by atoms with Gasteiger partial charge >= 0.3 is 0 Å². The maximum Gasteiger partial charge on any atom is -0.0184 e. The molecule has 0 N–H and O–H groups in total. The lowest BCUT2D eigenvalue weighted by Crippen LogP contribution is -1.83. The molecule has 1 aromatic carbocycles. The monoisotopic (exact) mass is 222 g/mol. The third kappa shape index (κ3) is 3.07. The molecular weight excluding hydrogens is 204 g/mol. The van der Waals surface area contributed by atoms with E-state index in [4.69, 9.17) is 0 Å². The molecule has 0 aliphatic heterocycles. The van der Waals surface area contributed by atoms with Gasteiger partial charge in [-0.3, -0.25) is 0 Å². The molecule has 0 amide bonds. The first-order valence-electron chi connectivity index (χ1n) is 6.09. The Labute approximate surface area is 104 Å². The van der Waals surface area contributed by atoms with Gasteiger partial charge in [0, 0.05) is 0 Å².